The minimum Gasteiger partial charge on any atom is -0.379 e. The van der Waals surface area contributed by atoms with E-state index in [1.54, 1.807) is 12.1 Å². The number of anilines is 1. The zero-order valence-electron chi connectivity index (χ0n) is 20.4. The van der Waals surface area contributed by atoms with Crippen LogP contribution < -0.4 is 5.32 Å². The summed E-state index contributed by atoms with van der Waals surface area (Å²) in [5, 5.41) is 3.37. The molecule has 1 saturated heterocycles. The van der Waals surface area contributed by atoms with Crippen molar-refractivity contribution in [3.8, 4) is 0 Å². The van der Waals surface area contributed by atoms with Crippen molar-refractivity contribution >= 4 is 15.8 Å². The van der Waals surface area contributed by atoms with E-state index in [0.29, 0.717) is 12.4 Å². The number of hydrogen-bond acceptors (Lipinski definition) is 6. The number of sulfonamides is 1. The van der Waals surface area contributed by atoms with E-state index in [2.05, 4.69) is 29.0 Å². The van der Waals surface area contributed by atoms with Crippen molar-refractivity contribution < 1.29 is 13.2 Å². The minimum absolute atomic E-state index is 0.0711. The van der Waals surface area contributed by atoms with Crippen LogP contribution in [-0.2, 0) is 27.8 Å². The van der Waals surface area contributed by atoms with Crippen LogP contribution in [0, 0.1) is 0 Å². The van der Waals surface area contributed by atoms with Gasteiger partial charge in [0.25, 0.3) is 0 Å². The van der Waals surface area contributed by atoms with E-state index in [1.165, 1.54) is 10.5 Å². The smallest absolute Gasteiger partial charge is 0.245 e. The minimum atomic E-state index is -3.75. The van der Waals surface area contributed by atoms with E-state index in [9.17, 15) is 8.42 Å². The Labute approximate surface area is 208 Å². The second kappa shape index (κ2) is 11.3. The average molecular weight is 495 g/mol. The number of ether oxygens (including phenoxy) is 1. The Morgan fingerprint density at radius 3 is 2.00 bits per heavy atom. The van der Waals surface area contributed by atoms with Crippen molar-refractivity contribution in [1.29, 1.82) is 0 Å². The molecule has 186 valence electrons. The Bertz CT molecular complexity index is 1120. The molecule has 1 fully saturated rings. The van der Waals surface area contributed by atoms with Crippen LogP contribution in [0.1, 0.15) is 25.0 Å². The highest BCUT2D eigenvalue weighted by Crippen LogP contribution is 2.22. The maximum absolute atomic E-state index is 13.6. The predicted octanol–water partition coefficient (Wildman–Crippen LogP) is 4.00. The molecule has 2 aromatic carbocycles. The van der Waals surface area contributed by atoms with Crippen LogP contribution >= 0.6 is 0 Å². The van der Waals surface area contributed by atoms with Gasteiger partial charge in [-0.1, -0.05) is 60.7 Å². The van der Waals surface area contributed by atoms with Crippen LogP contribution in [0.4, 0.5) is 5.82 Å². The molecule has 0 atom stereocenters. The van der Waals surface area contributed by atoms with E-state index in [-0.39, 0.29) is 23.5 Å². The molecule has 35 heavy (non-hydrogen) atoms. The molecule has 7 nitrogen and oxygen atoms in total. The van der Waals surface area contributed by atoms with Gasteiger partial charge in [0.15, 0.2) is 0 Å². The van der Waals surface area contributed by atoms with Crippen molar-refractivity contribution in [2.75, 3.05) is 38.2 Å². The van der Waals surface area contributed by atoms with E-state index < -0.39 is 10.0 Å². The van der Waals surface area contributed by atoms with E-state index in [4.69, 9.17) is 4.74 Å². The first-order valence-corrected chi connectivity index (χ1v) is 13.4. The third kappa shape index (κ3) is 6.67. The molecule has 1 aromatic heterocycles. The molecule has 0 aliphatic carbocycles. The molecule has 1 aliphatic rings. The maximum atomic E-state index is 13.6. The molecule has 3 aromatic rings. The SMILES string of the molecule is CC(C)(CNc1ccc(S(=O)(=O)N(Cc2ccccc2)Cc2ccccc2)cn1)N1CCOCC1. The summed E-state index contributed by atoms with van der Waals surface area (Å²) >= 11 is 0. The molecule has 0 saturated carbocycles. The van der Waals surface area contributed by atoms with Crippen molar-refractivity contribution in [3.63, 3.8) is 0 Å². The lowest BCUT2D eigenvalue weighted by Gasteiger charge is -2.41. The molecule has 0 bridgehead atoms. The number of nitrogens with zero attached hydrogens (tertiary/aromatic N) is 3. The largest absolute Gasteiger partial charge is 0.379 e. The summed E-state index contributed by atoms with van der Waals surface area (Å²) < 4.78 is 34.2. The van der Waals surface area contributed by atoms with Crippen LogP contribution in [0.25, 0.3) is 0 Å². The Morgan fingerprint density at radius 1 is 0.914 bits per heavy atom. The topological polar surface area (TPSA) is 74.8 Å². The first-order chi connectivity index (χ1) is 16.8. The first-order valence-electron chi connectivity index (χ1n) is 12.0. The van der Waals surface area contributed by atoms with E-state index in [1.807, 2.05) is 60.7 Å². The van der Waals surface area contributed by atoms with Gasteiger partial charge in [-0.15, -0.1) is 0 Å². The Kier molecular flexibility index (Phi) is 8.18. The van der Waals surface area contributed by atoms with Gasteiger partial charge in [-0.25, -0.2) is 13.4 Å². The molecule has 1 N–H and O–H groups in total. The fourth-order valence-corrected chi connectivity index (χ4v) is 5.54. The highest BCUT2D eigenvalue weighted by Gasteiger charge is 2.29. The van der Waals surface area contributed by atoms with Crippen LogP contribution in [0.2, 0.25) is 0 Å². The van der Waals surface area contributed by atoms with Gasteiger partial charge in [0, 0.05) is 44.5 Å². The van der Waals surface area contributed by atoms with Gasteiger partial charge >= 0.3 is 0 Å². The molecule has 1 aliphatic heterocycles. The average Bonchev–Trinajstić information content (AvgIpc) is 2.89. The van der Waals surface area contributed by atoms with Gasteiger partial charge in [-0.05, 0) is 37.1 Å². The van der Waals surface area contributed by atoms with Crippen molar-refractivity contribution in [3.05, 3.63) is 90.1 Å². The van der Waals surface area contributed by atoms with Crippen LogP contribution in [0.5, 0.6) is 0 Å². The van der Waals surface area contributed by atoms with Crippen molar-refractivity contribution in [1.82, 2.24) is 14.2 Å². The van der Waals surface area contributed by atoms with Gasteiger partial charge < -0.3 is 10.1 Å². The lowest BCUT2D eigenvalue weighted by atomic mass is 10.0. The van der Waals surface area contributed by atoms with Gasteiger partial charge in [-0.2, -0.15) is 4.31 Å². The highest BCUT2D eigenvalue weighted by molar-refractivity contribution is 7.89. The lowest BCUT2D eigenvalue weighted by Crippen LogP contribution is -2.53. The number of benzene rings is 2. The Hall–Kier alpha value is -2.78. The molecule has 0 spiro atoms. The Morgan fingerprint density at radius 2 is 1.49 bits per heavy atom. The van der Waals surface area contributed by atoms with Crippen LogP contribution in [0.3, 0.4) is 0 Å². The van der Waals surface area contributed by atoms with Gasteiger partial charge in [0.05, 0.1) is 13.2 Å². The number of nitrogens with one attached hydrogen (secondary N) is 1. The lowest BCUT2D eigenvalue weighted by molar-refractivity contribution is -0.00570. The zero-order chi connectivity index (χ0) is 24.7. The van der Waals surface area contributed by atoms with E-state index >= 15 is 0 Å². The van der Waals surface area contributed by atoms with Crippen LogP contribution in [0.15, 0.2) is 83.9 Å². The van der Waals surface area contributed by atoms with E-state index in [0.717, 1.165) is 37.4 Å². The number of pyridine rings is 1. The molecular formula is C27H34N4O3S. The van der Waals surface area contributed by atoms with Crippen LogP contribution in [-0.4, -0.2) is 61.0 Å². The molecule has 0 radical (unpaired) electrons. The summed E-state index contributed by atoms with van der Waals surface area (Å²) in [6.07, 6.45) is 1.45. The Balaban J connectivity index is 1.48. The predicted molar refractivity (Wildman–Crippen MR) is 139 cm³/mol. The van der Waals surface area contributed by atoms with Crippen molar-refractivity contribution in [2.45, 2.75) is 37.4 Å². The zero-order valence-corrected chi connectivity index (χ0v) is 21.2. The summed E-state index contributed by atoms with van der Waals surface area (Å²) in [5.74, 6) is 0.656. The number of rotatable bonds is 10. The number of hydrogen-bond donors (Lipinski definition) is 1. The summed E-state index contributed by atoms with van der Waals surface area (Å²) in [4.78, 5) is 7.01. The monoisotopic (exact) mass is 494 g/mol. The highest BCUT2D eigenvalue weighted by atomic mass is 32.2. The summed E-state index contributed by atoms with van der Waals surface area (Å²) in [5.41, 5.74) is 1.80. The molecule has 0 amide bonds. The second-order valence-corrected chi connectivity index (χ2v) is 11.3. The van der Waals surface area contributed by atoms with Gasteiger partial charge in [-0.3, -0.25) is 4.90 Å². The fourth-order valence-electron chi connectivity index (χ4n) is 4.17. The summed E-state index contributed by atoms with van der Waals surface area (Å²) in [6.45, 7) is 8.94. The number of aromatic nitrogens is 1. The first kappa shape index (κ1) is 25.3. The normalized spacial score (nSPS) is 15.3. The standard InChI is InChI=1S/C27H34N4O3S/c1-27(2,30-15-17-34-18-16-30)22-29-26-14-13-25(19-28-26)35(32,33)31(20-23-9-5-3-6-10-23)21-24-11-7-4-8-12-24/h3-14,19H,15-18,20-22H2,1-2H3,(H,28,29). The molecular weight excluding hydrogens is 460 g/mol. The molecule has 2 heterocycles. The van der Waals surface area contributed by atoms with Gasteiger partial charge in [0.2, 0.25) is 10.0 Å². The maximum Gasteiger partial charge on any atom is 0.245 e. The molecule has 0 unspecified atom stereocenters. The third-order valence-electron chi connectivity index (χ3n) is 6.35. The second-order valence-electron chi connectivity index (χ2n) is 9.39. The molecule has 4 rings (SSSR count). The summed E-state index contributed by atoms with van der Waals surface area (Å²) in [6, 6.07) is 22.7. The summed E-state index contributed by atoms with van der Waals surface area (Å²) in [7, 11) is -3.75. The number of morpholine rings is 1. The van der Waals surface area contributed by atoms with Gasteiger partial charge in [0.1, 0.15) is 10.7 Å². The third-order valence-corrected chi connectivity index (χ3v) is 8.12. The van der Waals surface area contributed by atoms with Crippen molar-refractivity contribution in [2.24, 2.45) is 0 Å². The fraction of sp³-hybridized carbons (Fsp3) is 0.370. The quantitative estimate of drug-likeness (QED) is 0.459. The molecule has 8 heteroatoms.